The Hall–Kier alpha value is -0.590. The number of ketones is 1. The van der Waals surface area contributed by atoms with Crippen molar-refractivity contribution < 1.29 is 4.79 Å². The highest BCUT2D eigenvalue weighted by atomic mass is 16.1. The molecule has 0 aliphatic carbocycles. The van der Waals surface area contributed by atoms with Gasteiger partial charge in [-0.1, -0.05) is 47.1 Å². The van der Waals surface area contributed by atoms with Crippen LogP contribution in [0.25, 0.3) is 0 Å². The normalized spacial score (nSPS) is 17.6. The monoisotopic (exact) mass is 238 g/mol. The predicted molar refractivity (Wildman–Crippen MR) is 76.1 cm³/mol. The van der Waals surface area contributed by atoms with Gasteiger partial charge in [-0.15, -0.1) is 0 Å². The topological polar surface area (TPSA) is 17.1 Å². The number of hydrogen-bond acceptors (Lipinski definition) is 1. The van der Waals surface area contributed by atoms with E-state index in [0.717, 1.165) is 17.4 Å². The van der Waals surface area contributed by atoms with Crippen LogP contribution in [0.3, 0.4) is 0 Å². The lowest BCUT2D eigenvalue weighted by molar-refractivity contribution is -0.115. The average molecular weight is 238 g/mol. The molecule has 0 radical (unpaired) electrons. The van der Waals surface area contributed by atoms with Crippen molar-refractivity contribution >= 4 is 5.78 Å². The van der Waals surface area contributed by atoms with Gasteiger partial charge in [0.1, 0.15) is 0 Å². The van der Waals surface area contributed by atoms with Crippen LogP contribution in [0.5, 0.6) is 0 Å². The van der Waals surface area contributed by atoms with Crippen LogP contribution in [0.1, 0.15) is 67.2 Å². The van der Waals surface area contributed by atoms with E-state index in [0.29, 0.717) is 12.3 Å². The van der Waals surface area contributed by atoms with E-state index in [1.54, 1.807) is 0 Å². The second-order valence-corrected chi connectivity index (χ2v) is 5.69. The Morgan fingerprint density at radius 1 is 1.06 bits per heavy atom. The van der Waals surface area contributed by atoms with Crippen LogP contribution in [0.2, 0.25) is 0 Å². The molecule has 1 heteroatoms. The van der Waals surface area contributed by atoms with Crippen molar-refractivity contribution in [3.63, 3.8) is 0 Å². The molecule has 0 aliphatic rings. The summed E-state index contributed by atoms with van der Waals surface area (Å²) >= 11 is 0. The molecule has 0 spiro atoms. The first-order valence-electron chi connectivity index (χ1n) is 7.12. The highest BCUT2D eigenvalue weighted by Gasteiger charge is 2.11. The van der Waals surface area contributed by atoms with Crippen LogP contribution in [-0.2, 0) is 4.79 Å². The third kappa shape index (κ3) is 7.36. The van der Waals surface area contributed by atoms with E-state index in [-0.39, 0.29) is 5.78 Å². The molecule has 1 nitrogen and oxygen atoms in total. The van der Waals surface area contributed by atoms with Crippen molar-refractivity contribution in [3.8, 4) is 0 Å². The van der Waals surface area contributed by atoms with Gasteiger partial charge >= 0.3 is 0 Å². The van der Waals surface area contributed by atoms with Crippen molar-refractivity contribution in [2.75, 3.05) is 0 Å². The van der Waals surface area contributed by atoms with Gasteiger partial charge in [0.05, 0.1) is 0 Å². The summed E-state index contributed by atoms with van der Waals surface area (Å²) in [4.78, 5) is 11.5. The summed E-state index contributed by atoms with van der Waals surface area (Å²) in [5.41, 5.74) is 0.940. The van der Waals surface area contributed by atoms with Crippen molar-refractivity contribution in [1.29, 1.82) is 0 Å². The number of hydrogen-bond donors (Lipinski definition) is 0. The molecular weight excluding hydrogens is 208 g/mol. The fraction of sp³-hybridized carbons (Fsp3) is 0.812. The molecule has 0 fully saturated rings. The third-order valence-electron chi connectivity index (χ3n) is 3.57. The van der Waals surface area contributed by atoms with Gasteiger partial charge in [0, 0.05) is 6.42 Å². The zero-order valence-corrected chi connectivity index (χ0v) is 12.5. The Bertz CT molecular complexity index is 252. The van der Waals surface area contributed by atoms with E-state index in [1.807, 2.05) is 13.8 Å². The Morgan fingerprint density at radius 3 is 2.12 bits per heavy atom. The zero-order valence-electron chi connectivity index (χ0n) is 12.5. The first kappa shape index (κ1) is 16.4. The molecule has 0 saturated heterocycles. The van der Waals surface area contributed by atoms with Crippen LogP contribution in [-0.4, -0.2) is 5.78 Å². The van der Waals surface area contributed by atoms with Crippen LogP contribution < -0.4 is 0 Å². The Morgan fingerprint density at radius 2 is 1.65 bits per heavy atom. The van der Waals surface area contributed by atoms with E-state index in [1.165, 1.54) is 19.3 Å². The second kappa shape index (κ2) is 8.49. The minimum Gasteiger partial charge on any atom is -0.295 e. The second-order valence-electron chi connectivity index (χ2n) is 5.69. The molecular formula is C16H30O. The van der Waals surface area contributed by atoms with Gasteiger partial charge in [-0.25, -0.2) is 0 Å². The summed E-state index contributed by atoms with van der Waals surface area (Å²) in [5.74, 6) is 2.37. The van der Waals surface area contributed by atoms with Crippen LogP contribution in [0.15, 0.2) is 11.6 Å². The Kier molecular flexibility index (Phi) is 8.20. The van der Waals surface area contributed by atoms with Gasteiger partial charge in [0.2, 0.25) is 0 Å². The van der Waals surface area contributed by atoms with E-state index < -0.39 is 0 Å². The lowest BCUT2D eigenvalue weighted by Crippen LogP contribution is -2.07. The van der Waals surface area contributed by atoms with Gasteiger partial charge in [0.15, 0.2) is 5.78 Å². The Balaban J connectivity index is 4.16. The largest absolute Gasteiger partial charge is 0.295 e. The van der Waals surface area contributed by atoms with Gasteiger partial charge in [-0.2, -0.15) is 0 Å². The summed E-state index contributed by atoms with van der Waals surface area (Å²) in [6.45, 7) is 13.0. The SMILES string of the molecule is CCC(=O)/C(C)=C/C(C)C[C@@H](C)C[C@@H](C)CC. The predicted octanol–water partition coefficient (Wildman–Crippen LogP) is 5.01. The first-order valence-corrected chi connectivity index (χ1v) is 7.12. The van der Waals surface area contributed by atoms with Gasteiger partial charge in [0.25, 0.3) is 0 Å². The molecule has 0 aliphatic heterocycles. The lowest BCUT2D eigenvalue weighted by atomic mass is 9.87. The summed E-state index contributed by atoms with van der Waals surface area (Å²) in [6.07, 6.45) is 6.53. The van der Waals surface area contributed by atoms with Gasteiger partial charge < -0.3 is 0 Å². The fourth-order valence-corrected chi connectivity index (χ4v) is 2.45. The molecule has 0 aromatic heterocycles. The molecule has 0 rings (SSSR count). The van der Waals surface area contributed by atoms with Crippen molar-refractivity contribution in [1.82, 2.24) is 0 Å². The van der Waals surface area contributed by atoms with Crippen molar-refractivity contribution in [2.24, 2.45) is 17.8 Å². The number of carbonyl (C=O) groups excluding carboxylic acids is 1. The summed E-state index contributed by atoms with van der Waals surface area (Å²) in [5, 5.41) is 0. The summed E-state index contributed by atoms with van der Waals surface area (Å²) in [6, 6.07) is 0. The number of carbonyl (C=O) groups is 1. The molecule has 3 atom stereocenters. The van der Waals surface area contributed by atoms with Crippen LogP contribution >= 0.6 is 0 Å². The van der Waals surface area contributed by atoms with Crippen molar-refractivity contribution in [3.05, 3.63) is 11.6 Å². The molecule has 0 aromatic rings. The molecule has 100 valence electrons. The summed E-state index contributed by atoms with van der Waals surface area (Å²) in [7, 11) is 0. The standard InChI is InChI=1S/C16H30O/c1-7-12(3)9-13(4)10-14(5)11-15(6)16(17)8-2/h11-14H,7-10H2,1-6H3/b15-11+/t12-,13-,14?/m0/s1. The fourth-order valence-electron chi connectivity index (χ4n) is 2.45. The summed E-state index contributed by atoms with van der Waals surface area (Å²) < 4.78 is 0. The van der Waals surface area contributed by atoms with Crippen molar-refractivity contribution in [2.45, 2.75) is 67.2 Å². The molecule has 0 bridgehead atoms. The smallest absolute Gasteiger partial charge is 0.157 e. The maximum absolute atomic E-state index is 11.5. The molecule has 0 amide bonds. The molecule has 0 heterocycles. The maximum Gasteiger partial charge on any atom is 0.157 e. The number of rotatable bonds is 8. The highest BCUT2D eigenvalue weighted by molar-refractivity contribution is 5.94. The average Bonchev–Trinajstić information content (AvgIpc) is 2.26. The maximum atomic E-state index is 11.5. The minimum absolute atomic E-state index is 0.284. The Labute approximate surface area is 108 Å². The quantitative estimate of drug-likeness (QED) is 0.543. The lowest BCUT2D eigenvalue weighted by Gasteiger charge is -2.18. The number of allylic oxidation sites excluding steroid dienone is 2. The third-order valence-corrected chi connectivity index (χ3v) is 3.57. The van der Waals surface area contributed by atoms with E-state index in [2.05, 4.69) is 33.8 Å². The molecule has 0 saturated carbocycles. The molecule has 17 heavy (non-hydrogen) atoms. The number of Topliss-reactive ketones (excluding diaryl/α,β-unsaturated/α-hetero) is 1. The highest BCUT2D eigenvalue weighted by Crippen LogP contribution is 2.22. The minimum atomic E-state index is 0.284. The van der Waals surface area contributed by atoms with Crippen LogP contribution in [0.4, 0.5) is 0 Å². The first-order chi connectivity index (χ1) is 7.90. The van der Waals surface area contributed by atoms with Gasteiger partial charge in [-0.05, 0) is 43.1 Å². The van der Waals surface area contributed by atoms with E-state index in [9.17, 15) is 4.79 Å². The van der Waals surface area contributed by atoms with Gasteiger partial charge in [-0.3, -0.25) is 4.79 Å². The van der Waals surface area contributed by atoms with Crippen LogP contribution in [0, 0.1) is 17.8 Å². The molecule has 1 unspecified atom stereocenters. The molecule has 0 N–H and O–H groups in total. The zero-order chi connectivity index (χ0) is 13.4. The van der Waals surface area contributed by atoms with E-state index in [4.69, 9.17) is 0 Å². The van der Waals surface area contributed by atoms with E-state index >= 15 is 0 Å². The molecule has 0 aromatic carbocycles.